The molecule has 2 aromatic carbocycles. The maximum Gasteiger partial charge on any atom is -0.00234 e. The highest BCUT2D eigenvalue weighted by Gasteiger charge is 2.29. The van der Waals surface area contributed by atoms with Crippen LogP contribution < -0.4 is 0 Å². The van der Waals surface area contributed by atoms with Crippen molar-refractivity contribution in [2.24, 2.45) is 17.8 Å². The van der Waals surface area contributed by atoms with E-state index in [-0.39, 0.29) is 5.41 Å². The van der Waals surface area contributed by atoms with E-state index in [0.29, 0.717) is 5.92 Å². The van der Waals surface area contributed by atoms with Crippen LogP contribution in [0.25, 0.3) is 0 Å². The van der Waals surface area contributed by atoms with Gasteiger partial charge in [-0.05, 0) is 121 Å². The lowest BCUT2D eigenvalue weighted by atomic mass is 9.69. The van der Waals surface area contributed by atoms with Crippen molar-refractivity contribution < 1.29 is 0 Å². The number of rotatable bonds is 7. The molecular weight excluding hydrogens is 468 g/mol. The van der Waals surface area contributed by atoms with E-state index < -0.39 is 0 Å². The summed E-state index contributed by atoms with van der Waals surface area (Å²) >= 11 is 0. The molecule has 2 aromatic rings. The van der Waals surface area contributed by atoms with Crippen LogP contribution in [-0.2, 0) is 24.7 Å². The van der Waals surface area contributed by atoms with Crippen molar-refractivity contribution in [1.29, 1.82) is 0 Å². The van der Waals surface area contributed by atoms with Gasteiger partial charge in [0.1, 0.15) is 0 Å². The van der Waals surface area contributed by atoms with Crippen LogP contribution in [-0.4, -0.2) is 0 Å². The highest BCUT2D eigenvalue weighted by atomic mass is 14.3. The Morgan fingerprint density at radius 3 is 2.21 bits per heavy atom. The Labute approximate surface area is 240 Å². The molecule has 0 spiro atoms. The molecule has 39 heavy (non-hydrogen) atoms. The SMILES string of the molecule is CCc1cc(C2CCC(C3CCCCC3)CC2)ccc1CC1C=C(Cc2ccccc2C(C)(C)C)C(C)=CC1. The van der Waals surface area contributed by atoms with Gasteiger partial charge < -0.3 is 0 Å². The number of hydrogen-bond donors (Lipinski definition) is 0. The van der Waals surface area contributed by atoms with Crippen molar-refractivity contribution in [1.82, 2.24) is 0 Å². The standard InChI is InChI=1S/C39H54/c1-6-30-26-35(33-20-18-32(19-21-33)31-12-8-7-9-13-31)23-22-34(30)24-29-17-16-28(2)37(25-29)27-36-14-10-11-15-38(36)39(3,4)5/h10-11,14-16,22-23,25-26,29,31-33H,6-9,12-13,17-21,24,27H2,1-5H3. The van der Waals surface area contributed by atoms with E-state index in [9.17, 15) is 0 Å². The summed E-state index contributed by atoms with van der Waals surface area (Å²) in [4.78, 5) is 0. The van der Waals surface area contributed by atoms with Gasteiger partial charge in [0.25, 0.3) is 0 Å². The zero-order chi connectivity index (χ0) is 27.4. The van der Waals surface area contributed by atoms with Crippen LogP contribution in [0.15, 0.2) is 65.8 Å². The Hall–Kier alpha value is -2.08. The van der Waals surface area contributed by atoms with Crippen molar-refractivity contribution in [2.45, 2.75) is 129 Å². The monoisotopic (exact) mass is 522 g/mol. The van der Waals surface area contributed by atoms with Crippen molar-refractivity contribution in [3.05, 3.63) is 93.6 Å². The van der Waals surface area contributed by atoms with E-state index in [0.717, 1.165) is 30.6 Å². The van der Waals surface area contributed by atoms with Gasteiger partial charge in [0.05, 0.1) is 0 Å². The second kappa shape index (κ2) is 12.6. The molecule has 0 heteroatoms. The first-order chi connectivity index (χ1) is 18.8. The number of allylic oxidation sites excluding steroid dienone is 4. The van der Waals surface area contributed by atoms with Gasteiger partial charge in [-0.3, -0.25) is 0 Å². The molecule has 0 aliphatic heterocycles. The van der Waals surface area contributed by atoms with E-state index in [1.165, 1.54) is 92.9 Å². The third-order valence-electron chi connectivity index (χ3n) is 10.5. The van der Waals surface area contributed by atoms with Gasteiger partial charge in [-0.2, -0.15) is 0 Å². The first kappa shape index (κ1) is 28.4. The summed E-state index contributed by atoms with van der Waals surface area (Å²) in [5, 5.41) is 0. The smallest absolute Gasteiger partial charge is 0.00234 e. The Morgan fingerprint density at radius 1 is 0.769 bits per heavy atom. The van der Waals surface area contributed by atoms with Gasteiger partial charge in [0, 0.05) is 0 Å². The van der Waals surface area contributed by atoms with Crippen LogP contribution >= 0.6 is 0 Å². The summed E-state index contributed by atoms with van der Waals surface area (Å²) in [6.45, 7) is 11.7. The molecule has 0 nitrogen and oxygen atoms in total. The van der Waals surface area contributed by atoms with Crippen LogP contribution in [0.3, 0.4) is 0 Å². The number of hydrogen-bond acceptors (Lipinski definition) is 0. The van der Waals surface area contributed by atoms with Crippen LogP contribution in [0.2, 0.25) is 0 Å². The lowest BCUT2D eigenvalue weighted by Crippen LogP contribution is -2.23. The molecule has 0 amide bonds. The van der Waals surface area contributed by atoms with Crippen LogP contribution in [0, 0.1) is 17.8 Å². The minimum Gasteiger partial charge on any atom is -0.0807 e. The van der Waals surface area contributed by atoms with Crippen LogP contribution in [0.5, 0.6) is 0 Å². The lowest BCUT2D eigenvalue weighted by Gasteiger charge is -2.36. The molecule has 0 heterocycles. The largest absolute Gasteiger partial charge is 0.0807 e. The van der Waals surface area contributed by atoms with E-state index >= 15 is 0 Å². The second-order valence-electron chi connectivity index (χ2n) is 14.3. The second-order valence-corrected chi connectivity index (χ2v) is 14.3. The first-order valence-corrected chi connectivity index (χ1v) is 16.4. The lowest BCUT2D eigenvalue weighted by molar-refractivity contribution is 0.186. The minimum atomic E-state index is 0.176. The minimum absolute atomic E-state index is 0.176. The molecule has 2 fully saturated rings. The van der Waals surface area contributed by atoms with Gasteiger partial charge in [-0.25, -0.2) is 0 Å². The van der Waals surface area contributed by atoms with E-state index in [1.54, 1.807) is 16.7 Å². The number of aryl methyl sites for hydroxylation is 1. The Morgan fingerprint density at radius 2 is 1.49 bits per heavy atom. The fourth-order valence-corrected chi connectivity index (χ4v) is 8.14. The molecule has 0 bridgehead atoms. The molecule has 1 unspecified atom stereocenters. The topological polar surface area (TPSA) is 0 Å². The van der Waals surface area contributed by atoms with Crippen LogP contribution in [0.1, 0.15) is 133 Å². The van der Waals surface area contributed by atoms with Crippen LogP contribution in [0.4, 0.5) is 0 Å². The van der Waals surface area contributed by atoms with E-state index in [1.807, 2.05) is 0 Å². The Kier molecular flexibility index (Phi) is 9.20. The molecule has 0 aromatic heterocycles. The van der Waals surface area contributed by atoms with E-state index in [2.05, 4.69) is 89.2 Å². The Bertz CT molecular complexity index is 1150. The quantitative estimate of drug-likeness (QED) is 0.339. The molecule has 5 rings (SSSR count). The first-order valence-electron chi connectivity index (χ1n) is 16.4. The van der Waals surface area contributed by atoms with Gasteiger partial charge in [-0.1, -0.05) is 120 Å². The maximum atomic E-state index is 2.62. The fourth-order valence-electron chi connectivity index (χ4n) is 8.14. The van der Waals surface area contributed by atoms with Gasteiger partial charge in [-0.15, -0.1) is 0 Å². The average molecular weight is 523 g/mol. The van der Waals surface area contributed by atoms with Gasteiger partial charge in [0.15, 0.2) is 0 Å². The average Bonchev–Trinajstić information content (AvgIpc) is 2.95. The molecule has 3 aliphatic carbocycles. The van der Waals surface area contributed by atoms with Crippen molar-refractivity contribution in [3.63, 3.8) is 0 Å². The van der Waals surface area contributed by atoms with Crippen molar-refractivity contribution in [2.75, 3.05) is 0 Å². The third-order valence-corrected chi connectivity index (χ3v) is 10.5. The molecule has 0 saturated heterocycles. The van der Waals surface area contributed by atoms with E-state index in [4.69, 9.17) is 0 Å². The molecule has 0 radical (unpaired) electrons. The fraction of sp³-hybridized carbons (Fsp3) is 0.590. The molecular formula is C39H54. The predicted octanol–water partition coefficient (Wildman–Crippen LogP) is 11.1. The zero-order valence-electron chi connectivity index (χ0n) is 25.7. The molecule has 3 aliphatic rings. The summed E-state index contributed by atoms with van der Waals surface area (Å²) in [6.07, 6.45) is 22.9. The molecule has 1 atom stereocenters. The summed E-state index contributed by atoms with van der Waals surface area (Å²) in [5.74, 6) is 3.46. The maximum absolute atomic E-state index is 2.62. The molecule has 0 N–H and O–H groups in total. The Balaban J connectivity index is 1.25. The molecule has 2 saturated carbocycles. The number of benzene rings is 2. The third kappa shape index (κ3) is 6.99. The zero-order valence-corrected chi connectivity index (χ0v) is 25.7. The summed E-state index contributed by atoms with van der Waals surface area (Å²) in [5.41, 5.74) is 11.0. The normalized spacial score (nSPS) is 24.8. The van der Waals surface area contributed by atoms with Crippen molar-refractivity contribution in [3.8, 4) is 0 Å². The highest BCUT2D eigenvalue weighted by molar-refractivity contribution is 5.43. The van der Waals surface area contributed by atoms with Gasteiger partial charge >= 0.3 is 0 Å². The summed E-state index contributed by atoms with van der Waals surface area (Å²) < 4.78 is 0. The summed E-state index contributed by atoms with van der Waals surface area (Å²) in [6, 6.07) is 16.7. The highest BCUT2D eigenvalue weighted by Crippen LogP contribution is 2.43. The molecule has 210 valence electrons. The van der Waals surface area contributed by atoms with Gasteiger partial charge in [0.2, 0.25) is 0 Å². The summed E-state index contributed by atoms with van der Waals surface area (Å²) in [7, 11) is 0. The predicted molar refractivity (Wildman–Crippen MR) is 170 cm³/mol. The van der Waals surface area contributed by atoms with Crippen molar-refractivity contribution >= 4 is 0 Å².